The summed E-state index contributed by atoms with van der Waals surface area (Å²) in [5, 5.41) is 4.71. The van der Waals surface area contributed by atoms with Crippen LogP contribution in [0, 0.1) is 2.88 Å². The lowest BCUT2D eigenvalue weighted by Gasteiger charge is -2.19. The molecule has 0 unspecified atom stereocenters. The molecule has 0 bridgehead atoms. The Morgan fingerprint density at radius 3 is 2.65 bits per heavy atom. The second-order valence-corrected chi connectivity index (χ2v) is 6.98. The van der Waals surface area contributed by atoms with Crippen molar-refractivity contribution in [3.63, 3.8) is 0 Å². The minimum Gasteiger partial charge on any atom is -0.357 e. The molecule has 0 saturated heterocycles. The normalized spacial score (nSPS) is 10.3. The predicted octanol–water partition coefficient (Wildman–Crippen LogP) is 3.85. The molecular weight excluding hydrogens is 385 g/mol. The third kappa shape index (κ3) is 3.69. The quantitative estimate of drug-likeness (QED) is 0.775. The highest BCUT2D eigenvalue weighted by Gasteiger charge is 2.09. The number of hydrogen-bond donors (Lipinski definition) is 1. The number of thiophene rings is 1. The number of nitrogens with one attached hydrogen (secondary N) is 1. The van der Waals surface area contributed by atoms with Crippen LogP contribution < -0.4 is 10.2 Å². The molecule has 0 aliphatic rings. The van der Waals surface area contributed by atoms with Gasteiger partial charge in [0.15, 0.2) is 0 Å². The number of aromatic nitrogens is 1. The largest absolute Gasteiger partial charge is 0.357 e. The fraction of sp³-hybridized carbons (Fsp3) is 0.286. The minimum absolute atomic E-state index is 0.0958. The van der Waals surface area contributed by atoms with Gasteiger partial charge in [0, 0.05) is 18.5 Å². The van der Waals surface area contributed by atoms with Gasteiger partial charge in [-0.2, -0.15) is 0 Å². The highest BCUT2D eigenvalue weighted by atomic mass is 127. The van der Waals surface area contributed by atoms with Crippen LogP contribution in [0.15, 0.2) is 29.8 Å². The predicted molar refractivity (Wildman–Crippen MR) is 92.8 cm³/mol. The molecule has 2 aromatic rings. The second-order valence-electron chi connectivity index (χ2n) is 4.17. The van der Waals surface area contributed by atoms with Crippen LogP contribution in [0.25, 0.3) is 0 Å². The van der Waals surface area contributed by atoms with Gasteiger partial charge in [0.25, 0.3) is 5.91 Å². The molecule has 0 radical (unpaired) electrons. The van der Waals surface area contributed by atoms with Crippen molar-refractivity contribution in [1.82, 2.24) is 4.98 Å². The second kappa shape index (κ2) is 7.03. The van der Waals surface area contributed by atoms with Crippen molar-refractivity contribution in [1.29, 1.82) is 0 Å². The number of anilines is 2. The fourth-order valence-corrected chi connectivity index (χ4v) is 3.15. The Morgan fingerprint density at radius 1 is 1.40 bits per heavy atom. The van der Waals surface area contributed by atoms with E-state index in [1.54, 1.807) is 17.5 Å². The lowest BCUT2D eigenvalue weighted by molar-refractivity contribution is 0.102. The molecule has 1 N–H and O–H groups in total. The number of pyridine rings is 1. The Labute approximate surface area is 136 Å². The third-order valence-electron chi connectivity index (χ3n) is 2.92. The molecule has 0 fully saturated rings. The van der Waals surface area contributed by atoms with Crippen molar-refractivity contribution in [2.24, 2.45) is 0 Å². The lowest BCUT2D eigenvalue weighted by Crippen LogP contribution is -2.22. The van der Waals surface area contributed by atoms with Crippen molar-refractivity contribution in [3.8, 4) is 0 Å². The van der Waals surface area contributed by atoms with E-state index in [1.165, 1.54) is 0 Å². The summed E-state index contributed by atoms with van der Waals surface area (Å²) in [7, 11) is 0. The van der Waals surface area contributed by atoms with E-state index in [0.717, 1.165) is 21.8 Å². The molecule has 0 aliphatic carbocycles. The summed E-state index contributed by atoms with van der Waals surface area (Å²) in [5.74, 6) is 0.833. The first-order valence-corrected chi connectivity index (χ1v) is 8.36. The highest BCUT2D eigenvalue weighted by molar-refractivity contribution is 14.1. The Balaban J connectivity index is 2.05. The molecule has 0 spiro atoms. The van der Waals surface area contributed by atoms with Gasteiger partial charge in [-0.15, -0.1) is 11.3 Å². The van der Waals surface area contributed by atoms with Crippen LogP contribution in [-0.2, 0) is 0 Å². The Hall–Kier alpha value is -1.15. The highest BCUT2D eigenvalue weighted by Crippen LogP contribution is 2.19. The van der Waals surface area contributed by atoms with Crippen LogP contribution in [0.4, 0.5) is 11.5 Å². The summed E-state index contributed by atoms with van der Waals surface area (Å²) in [4.78, 5) is 18.6. The number of rotatable bonds is 5. The Bertz CT molecular complexity index is 578. The first-order valence-electron chi connectivity index (χ1n) is 6.40. The van der Waals surface area contributed by atoms with Gasteiger partial charge in [0.2, 0.25) is 0 Å². The van der Waals surface area contributed by atoms with Gasteiger partial charge in [-0.1, -0.05) is 0 Å². The first kappa shape index (κ1) is 15.2. The summed E-state index contributed by atoms with van der Waals surface area (Å²) < 4.78 is 1.10. The van der Waals surface area contributed by atoms with Gasteiger partial charge in [-0.3, -0.25) is 4.79 Å². The molecule has 6 heteroatoms. The molecule has 0 aromatic carbocycles. The number of carbonyl (C=O) groups is 1. The summed E-state index contributed by atoms with van der Waals surface area (Å²) in [6.07, 6.45) is 1.70. The molecule has 2 rings (SSSR count). The van der Waals surface area contributed by atoms with Gasteiger partial charge < -0.3 is 10.2 Å². The molecule has 106 valence electrons. The maximum atomic E-state index is 12.0. The summed E-state index contributed by atoms with van der Waals surface area (Å²) in [6, 6.07) is 5.69. The molecule has 4 nitrogen and oxygen atoms in total. The van der Waals surface area contributed by atoms with E-state index in [2.05, 4.69) is 51.6 Å². The van der Waals surface area contributed by atoms with E-state index < -0.39 is 0 Å². The monoisotopic (exact) mass is 401 g/mol. The van der Waals surface area contributed by atoms with Crippen LogP contribution in [0.3, 0.4) is 0 Å². The number of hydrogen-bond acceptors (Lipinski definition) is 4. The van der Waals surface area contributed by atoms with Crippen LogP contribution in [-0.4, -0.2) is 24.0 Å². The fourth-order valence-electron chi connectivity index (χ4n) is 1.83. The average Bonchev–Trinajstić information content (AvgIpc) is 2.89. The van der Waals surface area contributed by atoms with Crippen LogP contribution in [0.1, 0.15) is 24.2 Å². The standard InChI is InChI=1S/C14H16IN3OS/c1-3-18(4-2)13-6-5-11(8-16-13)17-14(19)10-7-12(15)20-9-10/h5-9H,3-4H2,1-2H3,(H,17,19). The molecule has 0 saturated carbocycles. The topological polar surface area (TPSA) is 45.2 Å². The van der Waals surface area contributed by atoms with Crippen molar-refractivity contribution >= 4 is 51.3 Å². The van der Waals surface area contributed by atoms with Gasteiger partial charge in [0.1, 0.15) is 5.82 Å². The van der Waals surface area contributed by atoms with Crippen LogP contribution in [0.2, 0.25) is 0 Å². The smallest absolute Gasteiger partial charge is 0.256 e. The van der Waals surface area contributed by atoms with Crippen LogP contribution >= 0.6 is 33.9 Å². The molecule has 2 aromatic heterocycles. The van der Waals surface area contributed by atoms with Crippen LogP contribution in [0.5, 0.6) is 0 Å². The zero-order valence-electron chi connectivity index (χ0n) is 11.4. The third-order valence-corrected chi connectivity index (χ3v) is 4.71. The maximum absolute atomic E-state index is 12.0. The summed E-state index contributed by atoms with van der Waals surface area (Å²) >= 11 is 3.76. The zero-order chi connectivity index (χ0) is 14.5. The molecular formula is C14H16IN3OS. The SMILES string of the molecule is CCN(CC)c1ccc(NC(=O)c2csc(I)c2)cn1. The van der Waals surface area contributed by atoms with Gasteiger partial charge in [-0.05, 0) is 54.6 Å². The molecule has 20 heavy (non-hydrogen) atoms. The van der Waals surface area contributed by atoms with E-state index in [9.17, 15) is 4.79 Å². The van der Waals surface area contributed by atoms with E-state index in [4.69, 9.17) is 0 Å². The Morgan fingerprint density at radius 2 is 2.15 bits per heavy atom. The van der Waals surface area contributed by atoms with Crippen molar-refractivity contribution in [2.75, 3.05) is 23.3 Å². The number of halogens is 1. The van der Waals surface area contributed by atoms with Gasteiger partial charge in [0.05, 0.1) is 20.3 Å². The number of amides is 1. The molecule has 0 aliphatic heterocycles. The number of carbonyl (C=O) groups excluding carboxylic acids is 1. The van der Waals surface area contributed by atoms with Gasteiger partial charge >= 0.3 is 0 Å². The van der Waals surface area contributed by atoms with Crippen molar-refractivity contribution in [3.05, 3.63) is 38.2 Å². The minimum atomic E-state index is -0.0958. The van der Waals surface area contributed by atoms with E-state index in [1.807, 2.05) is 23.6 Å². The average molecular weight is 401 g/mol. The van der Waals surface area contributed by atoms with Crippen molar-refractivity contribution in [2.45, 2.75) is 13.8 Å². The van der Waals surface area contributed by atoms with Crippen molar-refractivity contribution < 1.29 is 4.79 Å². The van der Waals surface area contributed by atoms with E-state index in [-0.39, 0.29) is 5.91 Å². The number of nitrogens with zero attached hydrogens (tertiary/aromatic N) is 2. The zero-order valence-corrected chi connectivity index (χ0v) is 14.4. The van der Waals surface area contributed by atoms with E-state index in [0.29, 0.717) is 11.3 Å². The molecule has 1 amide bonds. The summed E-state index contributed by atoms with van der Waals surface area (Å²) in [5.41, 5.74) is 1.40. The maximum Gasteiger partial charge on any atom is 0.256 e. The first-order chi connectivity index (χ1) is 9.63. The molecule has 0 atom stereocenters. The molecule has 2 heterocycles. The van der Waals surface area contributed by atoms with E-state index >= 15 is 0 Å². The lowest BCUT2D eigenvalue weighted by atomic mass is 10.3. The summed E-state index contributed by atoms with van der Waals surface area (Å²) in [6.45, 7) is 6.03. The Kier molecular flexibility index (Phi) is 5.36. The van der Waals surface area contributed by atoms with Gasteiger partial charge in [-0.25, -0.2) is 4.98 Å².